The Kier molecular flexibility index (Phi) is 11.0. The molecule has 240 valence electrons. The molecule has 4 rings (SSSR count). The van der Waals surface area contributed by atoms with Crippen LogP contribution in [0.15, 0.2) is 83.3 Å². The Bertz CT molecular complexity index is 1500. The van der Waals surface area contributed by atoms with Crippen LogP contribution in [0.25, 0.3) is 0 Å². The molecule has 0 radical (unpaired) electrons. The van der Waals surface area contributed by atoms with Gasteiger partial charge in [0.15, 0.2) is 5.60 Å². The van der Waals surface area contributed by atoms with E-state index in [1.165, 1.54) is 12.1 Å². The molecule has 10 nitrogen and oxygen atoms in total. The summed E-state index contributed by atoms with van der Waals surface area (Å²) >= 11 is 3.48. The molecule has 0 saturated carbocycles. The number of nitrogens with one attached hydrogen (secondary N) is 2. The smallest absolute Gasteiger partial charge is 0.407 e. The van der Waals surface area contributed by atoms with E-state index in [0.717, 1.165) is 21.2 Å². The highest BCUT2D eigenvalue weighted by atomic mass is 79.9. The summed E-state index contributed by atoms with van der Waals surface area (Å²) in [5, 5.41) is 28.3. The van der Waals surface area contributed by atoms with E-state index in [-0.39, 0.29) is 19.5 Å². The van der Waals surface area contributed by atoms with Crippen molar-refractivity contribution in [1.82, 2.24) is 20.8 Å². The van der Waals surface area contributed by atoms with Gasteiger partial charge in [-0.1, -0.05) is 103 Å². The number of hydrogen-bond donors (Lipinski definition) is 4. The molecule has 0 heterocycles. The van der Waals surface area contributed by atoms with Gasteiger partial charge in [0.25, 0.3) is 11.8 Å². The fourth-order valence-corrected chi connectivity index (χ4v) is 6.10. The average Bonchev–Trinajstić information content (AvgIpc) is 3.43. The predicted octanol–water partition coefficient (Wildman–Crippen LogP) is 4.93. The van der Waals surface area contributed by atoms with Crippen molar-refractivity contribution in [3.8, 4) is 0 Å². The van der Waals surface area contributed by atoms with Gasteiger partial charge in [0, 0.05) is 17.4 Å². The molecular formula is C34H41BrN4O6. The van der Waals surface area contributed by atoms with Crippen molar-refractivity contribution in [2.24, 2.45) is 5.41 Å². The average molecular weight is 682 g/mol. The number of benzene rings is 3. The minimum Gasteiger partial charge on any atom is -0.453 e. The Hall–Kier alpha value is -3.77. The van der Waals surface area contributed by atoms with Crippen molar-refractivity contribution in [1.29, 1.82) is 0 Å². The van der Waals surface area contributed by atoms with Crippen molar-refractivity contribution in [3.63, 3.8) is 0 Å². The minimum absolute atomic E-state index is 0.0995. The summed E-state index contributed by atoms with van der Waals surface area (Å²) in [6.07, 6.45) is 0.293. The first-order valence-electron chi connectivity index (χ1n) is 14.8. The summed E-state index contributed by atoms with van der Waals surface area (Å²) < 4.78 is 5.56. The summed E-state index contributed by atoms with van der Waals surface area (Å²) in [6.45, 7) is 5.11. The van der Waals surface area contributed by atoms with Crippen LogP contribution in [-0.4, -0.2) is 63.6 Å². The summed E-state index contributed by atoms with van der Waals surface area (Å²) in [6, 6.07) is 22.4. The van der Waals surface area contributed by atoms with Crippen molar-refractivity contribution in [2.45, 2.75) is 64.3 Å². The number of ether oxygens (including phenoxy) is 1. The number of aliphatic hydroxyl groups is 1. The van der Waals surface area contributed by atoms with Crippen molar-refractivity contribution < 1.29 is 29.4 Å². The number of alkyl carbamates (subject to hydrolysis) is 1. The van der Waals surface area contributed by atoms with Gasteiger partial charge in [-0.05, 0) is 52.6 Å². The second-order valence-corrected chi connectivity index (χ2v) is 13.4. The van der Waals surface area contributed by atoms with Gasteiger partial charge in [-0.3, -0.25) is 20.2 Å². The van der Waals surface area contributed by atoms with Gasteiger partial charge in [0.1, 0.15) is 6.04 Å². The van der Waals surface area contributed by atoms with E-state index in [9.17, 15) is 24.7 Å². The van der Waals surface area contributed by atoms with Gasteiger partial charge < -0.3 is 15.2 Å². The zero-order valence-electron chi connectivity index (χ0n) is 26.0. The maximum absolute atomic E-state index is 14.2. The molecule has 3 amide bonds. The first kappa shape index (κ1) is 34.1. The van der Waals surface area contributed by atoms with Crippen LogP contribution in [0.3, 0.4) is 0 Å². The van der Waals surface area contributed by atoms with Crippen LogP contribution in [-0.2, 0) is 33.7 Å². The lowest BCUT2D eigenvalue weighted by Crippen LogP contribution is -2.62. The number of hydrazine groups is 1. The molecule has 1 unspecified atom stereocenters. The molecule has 0 saturated heterocycles. The number of methoxy groups -OCH3 is 1. The molecular weight excluding hydrogens is 640 g/mol. The lowest BCUT2D eigenvalue weighted by molar-refractivity contribution is -0.199. The van der Waals surface area contributed by atoms with Crippen molar-refractivity contribution >= 4 is 33.8 Å². The summed E-state index contributed by atoms with van der Waals surface area (Å²) in [5.74, 6) is -1.45. The van der Waals surface area contributed by atoms with Crippen LogP contribution in [0.2, 0.25) is 0 Å². The first-order chi connectivity index (χ1) is 21.3. The quantitative estimate of drug-likeness (QED) is 0.167. The van der Waals surface area contributed by atoms with Gasteiger partial charge in [0.05, 0.1) is 19.7 Å². The van der Waals surface area contributed by atoms with Crippen molar-refractivity contribution in [2.75, 3.05) is 13.7 Å². The predicted molar refractivity (Wildman–Crippen MR) is 173 cm³/mol. The van der Waals surface area contributed by atoms with E-state index in [0.29, 0.717) is 23.5 Å². The lowest BCUT2D eigenvalue weighted by Gasteiger charge is -2.38. The molecule has 1 aliphatic rings. The van der Waals surface area contributed by atoms with Crippen LogP contribution >= 0.6 is 15.9 Å². The maximum atomic E-state index is 14.2. The second kappa shape index (κ2) is 14.6. The molecule has 0 fully saturated rings. The van der Waals surface area contributed by atoms with Crippen LogP contribution in [0.5, 0.6) is 0 Å². The SMILES string of the molecule is COC(=O)N[C@H](C(=O)NN(Cc1cccc(Br)c1)C[C@@](O)(Cc1ccccc1)C(=O)N(O)C1CCc2ccccc21)C(C)(C)C. The van der Waals surface area contributed by atoms with Crippen LogP contribution in [0, 0.1) is 5.41 Å². The molecule has 3 aromatic rings. The number of aryl methyl sites for hydroxylation is 1. The highest BCUT2D eigenvalue weighted by Crippen LogP contribution is 2.36. The maximum Gasteiger partial charge on any atom is 0.407 e. The Balaban J connectivity index is 1.70. The molecule has 0 aromatic heterocycles. The summed E-state index contributed by atoms with van der Waals surface area (Å²) in [4.78, 5) is 40.1. The van der Waals surface area contributed by atoms with E-state index < -0.39 is 41.0 Å². The Morgan fingerprint density at radius 2 is 1.67 bits per heavy atom. The fourth-order valence-electron chi connectivity index (χ4n) is 5.66. The third kappa shape index (κ3) is 8.70. The number of hydrogen-bond acceptors (Lipinski definition) is 7. The molecule has 3 aromatic carbocycles. The summed E-state index contributed by atoms with van der Waals surface area (Å²) in [5.41, 5.74) is 3.27. The topological polar surface area (TPSA) is 131 Å². The standard InChI is InChI=1S/C34H41BrN4O6/c1-33(2,3)29(36-32(42)45-4)30(40)37-38(21-24-13-10-15-26(35)19-24)22-34(43,20-23-11-6-5-7-12-23)31(41)39(44)28-18-17-25-14-8-9-16-27(25)28/h5-16,19,28-29,43-44H,17-18,20-22H2,1-4H3,(H,36,42)(H,37,40)/t28?,29-,34+/m1/s1. The third-order valence-electron chi connectivity index (χ3n) is 7.90. The van der Waals surface area contributed by atoms with E-state index >= 15 is 0 Å². The van der Waals surface area contributed by atoms with Gasteiger partial charge in [-0.25, -0.2) is 14.9 Å². The van der Waals surface area contributed by atoms with E-state index in [2.05, 4.69) is 26.7 Å². The van der Waals surface area contributed by atoms with Gasteiger partial charge in [-0.15, -0.1) is 0 Å². The highest BCUT2D eigenvalue weighted by Gasteiger charge is 2.45. The Morgan fingerprint density at radius 3 is 2.33 bits per heavy atom. The van der Waals surface area contributed by atoms with Gasteiger partial charge in [0.2, 0.25) is 0 Å². The lowest BCUT2D eigenvalue weighted by atomic mass is 9.86. The molecule has 3 atom stereocenters. The molecule has 11 heteroatoms. The Labute approximate surface area is 272 Å². The van der Waals surface area contributed by atoms with Crippen molar-refractivity contribution in [3.05, 3.63) is 106 Å². The summed E-state index contributed by atoms with van der Waals surface area (Å²) in [7, 11) is 1.21. The monoisotopic (exact) mass is 680 g/mol. The number of rotatable bonds is 11. The molecule has 0 spiro atoms. The Morgan fingerprint density at radius 1 is 1.00 bits per heavy atom. The first-order valence-corrected chi connectivity index (χ1v) is 15.6. The third-order valence-corrected chi connectivity index (χ3v) is 8.39. The van der Waals surface area contributed by atoms with E-state index in [1.54, 1.807) is 45.0 Å². The van der Waals surface area contributed by atoms with Crippen LogP contribution < -0.4 is 10.7 Å². The number of fused-ring (bicyclic) bond motifs is 1. The zero-order chi connectivity index (χ0) is 32.8. The fraction of sp³-hybridized carbons (Fsp3) is 0.382. The largest absolute Gasteiger partial charge is 0.453 e. The van der Waals surface area contributed by atoms with Gasteiger partial charge in [-0.2, -0.15) is 0 Å². The number of amides is 3. The van der Waals surface area contributed by atoms with E-state index in [4.69, 9.17) is 4.74 Å². The number of nitrogens with zero attached hydrogens (tertiary/aromatic N) is 2. The van der Waals surface area contributed by atoms with E-state index in [1.807, 2.05) is 54.6 Å². The van der Waals surface area contributed by atoms with Gasteiger partial charge >= 0.3 is 6.09 Å². The number of hydroxylamine groups is 2. The normalized spacial score (nSPS) is 16.3. The molecule has 1 aliphatic carbocycles. The molecule has 0 aliphatic heterocycles. The zero-order valence-corrected chi connectivity index (χ0v) is 27.6. The second-order valence-electron chi connectivity index (χ2n) is 12.5. The molecule has 4 N–H and O–H groups in total. The number of carbonyl (C=O) groups is 3. The number of carbonyl (C=O) groups excluding carboxylic acids is 3. The molecule has 45 heavy (non-hydrogen) atoms. The van der Waals surface area contributed by atoms with Crippen LogP contribution in [0.4, 0.5) is 4.79 Å². The van der Waals surface area contributed by atoms with Crippen LogP contribution in [0.1, 0.15) is 55.5 Å². The molecule has 0 bridgehead atoms. The number of halogens is 1. The highest BCUT2D eigenvalue weighted by molar-refractivity contribution is 9.10. The minimum atomic E-state index is -2.17.